The lowest BCUT2D eigenvalue weighted by Gasteiger charge is -2.33. The van der Waals surface area contributed by atoms with Gasteiger partial charge in [-0.25, -0.2) is 12.8 Å². The molecule has 34 heavy (non-hydrogen) atoms. The Balaban J connectivity index is 1.93. The van der Waals surface area contributed by atoms with Gasteiger partial charge in [-0.15, -0.1) is 0 Å². The number of aromatic nitrogens is 1. The first-order valence-electron chi connectivity index (χ1n) is 12.1. The van der Waals surface area contributed by atoms with E-state index in [2.05, 4.69) is 13.8 Å². The number of pyridine rings is 1. The van der Waals surface area contributed by atoms with Crippen LogP contribution < -0.4 is 10.3 Å². The predicted octanol–water partition coefficient (Wildman–Crippen LogP) is 5.63. The molecular formula is C27H33FN2O3S. The van der Waals surface area contributed by atoms with Gasteiger partial charge in [-0.2, -0.15) is 0 Å². The minimum Gasteiger partial charge on any atom is -0.369 e. The lowest BCUT2D eigenvalue weighted by Crippen LogP contribution is -2.35. The molecule has 0 unspecified atom stereocenters. The lowest BCUT2D eigenvalue weighted by atomic mass is 9.99. The van der Waals surface area contributed by atoms with Crippen LogP contribution in [0.25, 0.3) is 10.9 Å². The van der Waals surface area contributed by atoms with Crippen molar-refractivity contribution in [2.75, 3.05) is 18.0 Å². The fraction of sp³-hybridized carbons (Fsp3) is 0.444. The Morgan fingerprint density at radius 2 is 1.88 bits per heavy atom. The zero-order chi connectivity index (χ0) is 24.6. The van der Waals surface area contributed by atoms with Gasteiger partial charge in [0.15, 0.2) is 0 Å². The monoisotopic (exact) mass is 484 g/mol. The van der Waals surface area contributed by atoms with Crippen LogP contribution in [-0.4, -0.2) is 26.1 Å². The van der Waals surface area contributed by atoms with Gasteiger partial charge in [-0.05, 0) is 74.4 Å². The molecule has 0 radical (unpaired) electrons. The summed E-state index contributed by atoms with van der Waals surface area (Å²) >= 11 is 0. The quantitative estimate of drug-likeness (QED) is 0.455. The molecule has 7 heteroatoms. The number of fused-ring (bicyclic) bond motifs is 1. The van der Waals surface area contributed by atoms with E-state index in [0.717, 1.165) is 49.9 Å². The minimum absolute atomic E-state index is 0.0773. The Morgan fingerprint density at radius 1 is 1.12 bits per heavy atom. The maximum Gasteiger partial charge on any atom is 0.211 e. The van der Waals surface area contributed by atoms with E-state index in [-0.39, 0.29) is 15.2 Å². The van der Waals surface area contributed by atoms with Crippen molar-refractivity contribution in [3.63, 3.8) is 0 Å². The number of halogens is 1. The Hall–Kier alpha value is -2.67. The van der Waals surface area contributed by atoms with Crippen molar-refractivity contribution < 1.29 is 12.8 Å². The van der Waals surface area contributed by atoms with E-state index >= 15 is 4.39 Å². The number of benzene rings is 2. The first-order chi connectivity index (χ1) is 16.1. The Bertz CT molecular complexity index is 1400. The molecule has 1 aliphatic rings. The van der Waals surface area contributed by atoms with Gasteiger partial charge in [-0.1, -0.05) is 26.3 Å². The Morgan fingerprint density at radius 3 is 2.56 bits per heavy atom. The Labute approximate surface area is 201 Å². The maximum atomic E-state index is 15.3. The van der Waals surface area contributed by atoms with E-state index in [1.165, 1.54) is 18.3 Å². The second kappa shape index (κ2) is 9.53. The fourth-order valence-corrected chi connectivity index (χ4v) is 6.19. The summed E-state index contributed by atoms with van der Waals surface area (Å²) in [5.74, 6) is -0.0157. The molecule has 2 heterocycles. The lowest BCUT2D eigenvalue weighted by molar-refractivity contribution is 0.442. The normalized spacial score (nSPS) is 16.9. The van der Waals surface area contributed by atoms with Crippen LogP contribution in [-0.2, 0) is 16.4 Å². The number of sulfone groups is 1. The van der Waals surface area contributed by atoms with E-state index < -0.39 is 21.1 Å². The van der Waals surface area contributed by atoms with E-state index in [4.69, 9.17) is 0 Å². The third-order valence-electron chi connectivity index (χ3n) is 6.94. The fourth-order valence-electron chi connectivity index (χ4n) is 4.74. The van der Waals surface area contributed by atoms with E-state index in [0.29, 0.717) is 23.7 Å². The van der Waals surface area contributed by atoms with Crippen molar-refractivity contribution in [1.82, 2.24) is 4.57 Å². The third-order valence-corrected chi connectivity index (χ3v) is 8.69. The van der Waals surface area contributed by atoms with Gasteiger partial charge in [0.25, 0.3) is 0 Å². The minimum atomic E-state index is -4.06. The highest BCUT2D eigenvalue weighted by atomic mass is 32.2. The second-order valence-electron chi connectivity index (χ2n) is 9.63. The third kappa shape index (κ3) is 4.50. The van der Waals surface area contributed by atoms with Crippen molar-refractivity contribution in [2.24, 2.45) is 5.92 Å². The van der Waals surface area contributed by atoms with E-state index in [1.54, 1.807) is 18.2 Å². The summed E-state index contributed by atoms with van der Waals surface area (Å²) < 4.78 is 44.1. The SMILES string of the molecule is CCCCn1cc(S(=O)(=O)c2ccc(C)c(C)c2)c(=O)c2cc(F)c(N3CCC[C@H](C)C3)cc21. The zero-order valence-electron chi connectivity index (χ0n) is 20.4. The maximum absolute atomic E-state index is 15.3. The topological polar surface area (TPSA) is 59.4 Å². The predicted molar refractivity (Wildman–Crippen MR) is 135 cm³/mol. The number of aryl methyl sites for hydroxylation is 3. The first kappa shape index (κ1) is 24.5. The summed E-state index contributed by atoms with van der Waals surface area (Å²) in [5, 5.41) is 0.104. The summed E-state index contributed by atoms with van der Waals surface area (Å²) in [7, 11) is -4.06. The highest BCUT2D eigenvalue weighted by molar-refractivity contribution is 7.91. The van der Waals surface area contributed by atoms with Crippen LogP contribution >= 0.6 is 0 Å². The molecule has 0 saturated carbocycles. The number of unbranched alkanes of at least 4 members (excludes halogenated alkanes) is 1. The summed E-state index contributed by atoms with van der Waals surface area (Å²) in [6, 6.07) is 7.82. The van der Waals surface area contributed by atoms with Crippen LogP contribution in [0.4, 0.5) is 10.1 Å². The van der Waals surface area contributed by atoms with Crippen molar-refractivity contribution in [3.05, 3.63) is 63.7 Å². The molecule has 0 aliphatic carbocycles. The van der Waals surface area contributed by atoms with Crippen molar-refractivity contribution in [1.29, 1.82) is 0 Å². The molecule has 3 aromatic rings. The molecule has 0 amide bonds. The summed E-state index contributed by atoms with van der Waals surface area (Å²) in [5.41, 5.74) is 2.21. The molecule has 182 valence electrons. The number of anilines is 1. The molecule has 1 aromatic heterocycles. The number of hydrogen-bond donors (Lipinski definition) is 0. The zero-order valence-corrected chi connectivity index (χ0v) is 21.2. The average Bonchev–Trinajstić information content (AvgIpc) is 2.80. The largest absolute Gasteiger partial charge is 0.369 e. The van der Waals surface area contributed by atoms with E-state index in [1.807, 2.05) is 23.3 Å². The molecule has 5 nitrogen and oxygen atoms in total. The van der Waals surface area contributed by atoms with Gasteiger partial charge in [0.2, 0.25) is 15.3 Å². The molecule has 1 atom stereocenters. The first-order valence-corrected chi connectivity index (χ1v) is 13.6. The smallest absolute Gasteiger partial charge is 0.211 e. The van der Waals surface area contributed by atoms with Gasteiger partial charge >= 0.3 is 0 Å². The molecule has 1 fully saturated rings. The molecule has 4 rings (SSSR count). The molecule has 2 aromatic carbocycles. The van der Waals surface area contributed by atoms with Crippen molar-refractivity contribution >= 4 is 26.4 Å². The van der Waals surface area contributed by atoms with Gasteiger partial charge in [0.05, 0.1) is 21.5 Å². The summed E-state index contributed by atoms with van der Waals surface area (Å²) in [6.45, 7) is 10.0. The number of piperidine rings is 1. The van der Waals surface area contributed by atoms with Gasteiger partial charge < -0.3 is 9.47 Å². The average molecular weight is 485 g/mol. The van der Waals surface area contributed by atoms with Gasteiger partial charge in [-0.3, -0.25) is 4.79 Å². The highest BCUT2D eigenvalue weighted by Gasteiger charge is 2.26. The second-order valence-corrected chi connectivity index (χ2v) is 11.6. The summed E-state index contributed by atoms with van der Waals surface area (Å²) in [6.07, 6.45) is 5.28. The number of rotatable bonds is 6. The van der Waals surface area contributed by atoms with Crippen LogP contribution in [0.5, 0.6) is 0 Å². The molecule has 0 bridgehead atoms. The van der Waals surface area contributed by atoms with Gasteiger partial charge in [0.1, 0.15) is 10.7 Å². The summed E-state index contributed by atoms with van der Waals surface area (Å²) in [4.78, 5) is 15.3. The van der Waals surface area contributed by atoms with Crippen molar-refractivity contribution in [3.8, 4) is 0 Å². The van der Waals surface area contributed by atoms with Crippen LogP contribution in [0.15, 0.2) is 51.1 Å². The van der Waals surface area contributed by atoms with Crippen molar-refractivity contribution in [2.45, 2.75) is 69.7 Å². The molecule has 0 spiro atoms. The molecule has 0 N–H and O–H groups in total. The number of hydrogen-bond acceptors (Lipinski definition) is 4. The van der Waals surface area contributed by atoms with Crippen LogP contribution in [0, 0.1) is 25.6 Å². The van der Waals surface area contributed by atoms with Gasteiger partial charge in [0, 0.05) is 25.8 Å². The standard InChI is InChI=1S/C27H33FN2O3S/c1-5-6-11-30-17-26(34(32,33)21-10-9-19(3)20(4)13-21)27(31)22-14-23(28)25(15-24(22)30)29-12-7-8-18(2)16-29/h9-10,13-15,17-18H,5-8,11-12,16H2,1-4H3/t18-/m0/s1. The Kier molecular flexibility index (Phi) is 6.85. The van der Waals surface area contributed by atoms with Crippen LogP contribution in [0.2, 0.25) is 0 Å². The highest BCUT2D eigenvalue weighted by Crippen LogP contribution is 2.30. The molecular weight excluding hydrogens is 451 g/mol. The van der Waals surface area contributed by atoms with Crippen LogP contribution in [0.3, 0.4) is 0 Å². The molecule has 1 saturated heterocycles. The number of nitrogens with zero attached hydrogens (tertiary/aromatic N) is 2. The van der Waals surface area contributed by atoms with E-state index in [9.17, 15) is 13.2 Å². The van der Waals surface area contributed by atoms with Crippen LogP contribution in [0.1, 0.15) is 50.7 Å². The molecule has 1 aliphatic heterocycles.